The number of benzene rings is 2. The van der Waals surface area contributed by atoms with Crippen molar-refractivity contribution in [2.75, 3.05) is 10.6 Å². The molecule has 3 aromatic rings. The number of anilines is 2. The minimum Gasteiger partial charge on any atom is -0.489 e. The van der Waals surface area contributed by atoms with Gasteiger partial charge >= 0.3 is 0 Å². The maximum atomic E-state index is 13.0. The Labute approximate surface area is 163 Å². The molecule has 1 heterocycles. The van der Waals surface area contributed by atoms with Gasteiger partial charge in [0.15, 0.2) is 0 Å². The number of pyridine rings is 1. The first kappa shape index (κ1) is 19.4. The molecule has 0 saturated carbocycles. The number of ether oxygens (including phenoxy) is 1. The number of hydrogen-bond acceptors (Lipinski definition) is 4. The van der Waals surface area contributed by atoms with Crippen molar-refractivity contribution in [1.29, 1.82) is 0 Å². The summed E-state index contributed by atoms with van der Waals surface area (Å²) in [4.78, 5) is 16.8. The summed E-state index contributed by atoms with van der Waals surface area (Å²) in [5.74, 6) is 0.00928. The molecule has 0 spiro atoms. The molecule has 0 radical (unpaired) electrons. The van der Waals surface area contributed by atoms with Gasteiger partial charge in [0.05, 0.1) is 11.8 Å². The van der Waals surface area contributed by atoms with Crippen LogP contribution in [0.5, 0.6) is 5.75 Å². The van der Waals surface area contributed by atoms with Crippen molar-refractivity contribution in [3.8, 4) is 5.75 Å². The maximum absolute atomic E-state index is 13.0. The Balaban J connectivity index is 1.68. The molecule has 0 saturated heterocycles. The Morgan fingerprint density at radius 1 is 1.11 bits per heavy atom. The second kappa shape index (κ2) is 8.99. The van der Waals surface area contributed by atoms with E-state index in [-0.39, 0.29) is 23.5 Å². The van der Waals surface area contributed by atoms with Gasteiger partial charge < -0.3 is 15.4 Å². The number of amides is 1. The molecule has 144 valence electrons. The molecular formula is C22H22FN3O2. The van der Waals surface area contributed by atoms with Crippen LogP contribution in [0.4, 0.5) is 15.8 Å². The minimum atomic E-state index is -0.328. The highest BCUT2D eigenvalue weighted by Gasteiger charge is 2.12. The third kappa shape index (κ3) is 5.30. The lowest BCUT2D eigenvalue weighted by Gasteiger charge is -2.15. The Morgan fingerprint density at radius 3 is 2.61 bits per heavy atom. The van der Waals surface area contributed by atoms with Crippen LogP contribution in [0, 0.1) is 5.82 Å². The minimum absolute atomic E-state index is 0.00448. The second-order valence-corrected chi connectivity index (χ2v) is 6.53. The van der Waals surface area contributed by atoms with E-state index in [4.69, 9.17) is 4.74 Å². The van der Waals surface area contributed by atoms with Crippen molar-refractivity contribution in [1.82, 2.24) is 4.98 Å². The van der Waals surface area contributed by atoms with Crippen LogP contribution in [0.25, 0.3) is 0 Å². The Kier molecular flexibility index (Phi) is 6.22. The first-order valence-electron chi connectivity index (χ1n) is 9.02. The molecule has 0 aliphatic rings. The molecule has 3 rings (SSSR count). The third-order valence-corrected chi connectivity index (χ3v) is 3.90. The zero-order chi connectivity index (χ0) is 19.9. The predicted octanol–water partition coefficient (Wildman–Crippen LogP) is 4.87. The average molecular weight is 379 g/mol. The Morgan fingerprint density at radius 2 is 1.86 bits per heavy atom. The highest BCUT2D eigenvalue weighted by atomic mass is 19.1. The highest BCUT2D eigenvalue weighted by molar-refractivity contribution is 6.04. The summed E-state index contributed by atoms with van der Waals surface area (Å²) in [6.45, 7) is 4.36. The maximum Gasteiger partial charge on any atom is 0.274 e. The predicted molar refractivity (Wildman–Crippen MR) is 108 cm³/mol. The number of hydrogen-bond donors (Lipinski definition) is 2. The van der Waals surface area contributed by atoms with Gasteiger partial charge in [-0.05, 0) is 55.8 Å². The zero-order valence-electron chi connectivity index (χ0n) is 15.8. The fraction of sp³-hybridized carbons (Fsp3) is 0.182. The Hall–Kier alpha value is -3.41. The molecule has 1 aromatic heterocycles. The lowest BCUT2D eigenvalue weighted by molar-refractivity contribution is 0.102. The number of rotatable bonds is 7. The molecule has 5 nitrogen and oxygen atoms in total. The fourth-order valence-corrected chi connectivity index (χ4v) is 2.58. The van der Waals surface area contributed by atoms with E-state index >= 15 is 0 Å². The van der Waals surface area contributed by atoms with Gasteiger partial charge in [0.1, 0.15) is 17.3 Å². The summed E-state index contributed by atoms with van der Waals surface area (Å²) in [5.41, 5.74) is 2.55. The van der Waals surface area contributed by atoms with Gasteiger partial charge in [-0.1, -0.05) is 24.3 Å². The quantitative estimate of drug-likeness (QED) is 0.615. The number of aromatic nitrogens is 1. The molecule has 1 amide bonds. The molecule has 0 aliphatic carbocycles. The van der Waals surface area contributed by atoms with E-state index in [0.717, 1.165) is 11.3 Å². The van der Waals surface area contributed by atoms with E-state index in [0.29, 0.717) is 18.0 Å². The molecule has 2 N–H and O–H groups in total. The third-order valence-electron chi connectivity index (χ3n) is 3.90. The molecule has 6 heteroatoms. The number of nitrogens with one attached hydrogen (secondary N) is 2. The van der Waals surface area contributed by atoms with E-state index in [1.165, 1.54) is 12.1 Å². The van der Waals surface area contributed by atoms with E-state index in [2.05, 4.69) is 15.6 Å². The van der Waals surface area contributed by atoms with Crippen molar-refractivity contribution in [2.45, 2.75) is 26.5 Å². The van der Waals surface area contributed by atoms with E-state index in [9.17, 15) is 9.18 Å². The molecule has 2 aromatic carbocycles. The first-order chi connectivity index (χ1) is 13.5. The molecule has 28 heavy (non-hydrogen) atoms. The van der Waals surface area contributed by atoms with Crippen LogP contribution in [0.2, 0.25) is 0 Å². The van der Waals surface area contributed by atoms with E-state index in [1.54, 1.807) is 36.5 Å². The zero-order valence-corrected chi connectivity index (χ0v) is 15.8. The van der Waals surface area contributed by atoms with Crippen LogP contribution in [0.3, 0.4) is 0 Å². The summed E-state index contributed by atoms with van der Waals surface area (Å²) in [6.07, 6.45) is 1.56. The van der Waals surface area contributed by atoms with Crippen LogP contribution < -0.4 is 15.4 Å². The van der Waals surface area contributed by atoms with E-state index < -0.39 is 0 Å². The first-order valence-corrected chi connectivity index (χ1v) is 9.02. The number of carbonyl (C=O) groups is 1. The van der Waals surface area contributed by atoms with Gasteiger partial charge in [-0.2, -0.15) is 0 Å². The smallest absolute Gasteiger partial charge is 0.274 e. The highest BCUT2D eigenvalue weighted by Crippen LogP contribution is 2.25. The lowest BCUT2D eigenvalue weighted by Crippen LogP contribution is -2.16. The molecule has 0 bridgehead atoms. The van der Waals surface area contributed by atoms with Crippen LogP contribution in [-0.4, -0.2) is 17.0 Å². The summed E-state index contributed by atoms with van der Waals surface area (Å²) >= 11 is 0. The average Bonchev–Trinajstić information content (AvgIpc) is 2.69. The lowest BCUT2D eigenvalue weighted by atomic mass is 10.2. The van der Waals surface area contributed by atoms with Crippen molar-refractivity contribution < 1.29 is 13.9 Å². The van der Waals surface area contributed by atoms with Crippen molar-refractivity contribution in [2.24, 2.45) is 0 Å². The number of halogens is 1. The standard InChI is InChI=1S/C22H22FN3O2/c1-15(2)28-21-6-4-3-5-19(21)26-22(27)20-13-18(11-12-24-20)25-14-16-7-9-17(23)10-8-16/h3-13,15H,14H2,1-2H3,(H,24,25)(H,26,27). The van der Waals surface area contributed by atoms with Gasteiger partial charge in [0.2, 0.25) is 0 Å². The summed E-state index contributed by atoms with van der Waals surface area (Å²) < 4.78 is 18.7. The van der Waals surface area contributed by atoms with Gasteiger partial charge in [-0.3, -0.25) is 9.78 Å². The SMILES string of the molecule is CC(C)Oc1ccccc1NC(=O)c1cc(NCc2ccc(F)cc2)ccn1. The summed E-state index contributed by atoms with van der Waals surface area (Å²) in [6, 6.07) is 17.0. The fourth-order valence-electron chi connectivity index (χ4n) is 2.58. The Bertz CT molecular complexity index is 943. The van der Waals surface area contributed by atoms with Crippen LogP contribution in [0.15, 0.2) is 66.9 Å². The number of para-hydroxylation sites is 2. The topological polar surface area (TPSA) is 63.2 Å². The van der Waals surface area contributed by atoms with Crippen molar-refractivity contribution >= 4 is 17.3 Å². The second-order valence-electron chi connectivity index (χ2n) is 6.53. The van der Waals surface area contributed by atoms with E-state index in [1.807, 2.05) is 32.0 Å². The van der Waals surface area contributed by atoms with Gasteiger partial charge in [0.25, 0.3) is 5.91 Å². The number of nitrogens with zero attached hydrogens (tertiary/aromatic N) is 1. The van der Waals surface area contributed by atoms with Crippen LogP contribution in [-0.2, 0) is 6.54 Å². The molecule has 0 aliphatic heterocycles. The molecule has 0 atom stereocenters. The largest absolute Gasteiger partial charge is 0.489 e. The molecule has 0 unspecified atom stereocenters. The van der Waals surface area contributed by atoms with Crippen LogP contribution in [0.1, 0.15) is 29.9 Å². The van der Waals surface area contributed by atoms with Crippen LogP contribution >= 0.6 is 0 Å². The van der Waals surface area contributed by atoms with Gasteiger partial charge in [0, 0.05) is 18.4 Å². The monoisotopic (exact) mass is 379 g/mol. The summed E-state index contributed by atoms with van der Waals surface area (Å²) in [7, 11) is 0. The van der Waals surface area contributed by atoms with Crippen molar-refractivity contribution in [3.63, 3.8) is 0 Å². The van der Waals surface area contributed by atoms with Gasteiger partial charge in [-0.15, -0.1) is 0 Å². The summed E-state index contributed by atoms with van der Waals surface area (Å²) in [5, 5.41) is 6.05. The molecular weight excluding hydrogens is 357 g/mol. The van der Waals surface area contributed by atoms with Crippen molar-refractivity contribution in [3.05, 3.63) is 83.9 Å². The van der Waals surface area contributed by atoms with Gasteiger partial charge in [-0.25, -0.2) is 4.39 Å². The molecule has 0 fully saturated rings. The normalized spacial score (nSPS) is 10.6. The number of carbonyl (C=O) groups excluding carboxylic acids is 1.